The smallest absolute Gasteiger partial charge is 0.437 e. The Hall–Kier alpha value is -3.73. The first-order chi connectivity index (χ1) is 16.8. The van der Waals surface area contributed by atoms with Crippen LogP contribution in [0.5, 0.6) is 0 Å². The van der Waals surface area contributed by atoms with Crippen LogP contribution in [0, 0.1) is 5.82 Å². The van der Waals surface area contributed by atoms with Gasteiger partial charge in [-0.1, -0.05) is 18.2 Å². The molecule has 1 fully saturated rings. The minimum Gasteiger partial charge on any atom is -0.445 e. The van der Waals surface area contributed by atoms with Crippen LogP contribution >= 0.6 is 0 Å². The van der Waals surface area contributed by atoms with Gasteiger partial charge in [0, 0.05) is 18.2 Å². The summed E-state index contributed by atoms with van der Waals surface area (Å²) in [7, 11) is -2.67. The lowest BCUT2D eigenvalue weighted by atomic mass is 9.90. The Labute approximate surface area is 209 Å². The number of halogens is 1. The Kier molecular flexibility index (Phi) is 6.38. The number of aliphatic imine (C=N–C) groups is 1. The number of hydrogen-bond donors (Lipinski definition) is 1. The summed E-state index contributed by atoms with van der Waals surface area (Å²) in [5.41, 5.74) is 0.0126. The van der Waals surface area contributed by atoms with Crippen LogP contribution < -0.4 is 5.32 Å². The lowest BCUT2D eigenvalue weighted by Crippen LogP contribution is -2.61. The van der Waals surface area contributed by atoms with E-state index in [1.807, 2.05) is 24.3 Å². The molecule has 3 aromatic rings. The molecular weight excluding hydrogens is 487 g/mol. The topological polar surface area (TPSA) is 114 Å². The lowest BCUT2D eigenvalue weighted by molar-refractivity contribution is 0.0602. The highest BCUT2D eigenvalue weighted by Gasteiger charge is 2.44. The van der Waals surface area contributed by atoms with Crippen molar-refractivity contribution in [2.75, 3.05) is 12.8 Å². The number of ether oxygens (including phenoxy) is 1. The molecule has 4 rings (SSSR count). The zero-order chi connectivity index (χ0) is 26.3. The van der Waals surface area contributed by atoms with E-state index >= 15 is 4.39 Å². The van der Waals surface area contributed by atoms with Crippen molar-refractivity contribution in [2.45, 2.75) is 38.8 Å². The average Bonchev–Trinajstić information content (AvgIpc) is 3.31. The maximum atomic E-state index is 15.2. The molecule has 2 heterocycles. The first-order valence-corrected chi connectivity index (χ1v) is 12.8. The summed E-state index contributed by atoms with van der Waals surface area (Å²) >= 11 is 0. The number of benzene rings is 2. The number of amides is 1. The van der Waals surface area contributed by atoms with Crippen LogP contribution in [0.25, 0.3) is 22.6 Å². The Morgan fingerprint density at radius 3 is 2.56 bits per heavy atom. The van der Waals surface area contributed by atoms with Crippen LogP contribution in [0.1, 0.15) is 33.3 Å². The van der Waals surface area contributed by atoms with Gasteiger partial charge in [0.25, 0.3) is 0 Å². The van der Waals surface area contributed by atoms with E-state index in [0.717, 1.165) is 15.4 Å². The van der Waals surface area contributed by atoms with Gasteiger partial charge in [0.2, 0.25) is 21.9 Å². The zero-order valence-corrected chi connectivity index (χ0v) is 21.4. The molecule has 0 spiro atoms. The number of rotatable bonds is 3. The number of nitrogens with one attached hydrogen (secondary N) is 1. The molecule has 1 amide bonds. The van der Waals surface area contributed by atoms with Gasteiger partial charge >= 0.3 is 6.09 Å². The van der Waals surface area contributed by atoms with Gasteiger partial charge in [-0.3, -0.25) is 0 Å². The average molecular weight is 515 g/mol. The number of carbonyl (C=O) groups is 1. The van der Waals surface area contributed by atoms with E-state index in [2.05, 4.69) is 15.3 Å². The van der Waals surface area contributed by atoms with Gasteiger partial charge in [-0.25, -0.2) is 26.9 Å². The molecule has 1 saturated heterocycles. The summed E-state index contributed by atoms with van der Waals surface area (Å²) in [6.07, 6.45) is 2.05. The predicted molar refractivity (Wildman–Crippen MR) is 133 cm³/mol. The molecule has 9 nitrogen and oxygen atoms in total. The number of carbonyl (C=O) groups excluding carboxylic acids is 1. The first kappa shape index (κ1) is 25.4. The van der Waals surface area contributed by atoms with Gasteiger partial charge in [0.15, 0.2) is 0 Å². The quantitative estimate of drug-likeness (QED) is 0.547. The second-order valence-electron chi connectivity index (χ2n) is 9.71. The molecule has 11 heteroatoms. The van der Waals surface area contributed by atoms with E-state index in [1.165, 1.54) is 19.4 Å². The van der Waals surface area contributed by atoms with Crippen molar-refractivity contribution in [1.82, 2.24) is 14.6 Å². The highest BCUT2D eigenvalue weighted by atomic mass is 32.2. The monoisotopic (exact) mass is 514 g/mol. The van der Waals surface area contributed by atoms with Gasteiger partial charge in [-0.2, -0.15) is 0 Å². The first-order valence-electron chi connectivity index (χ1n) is 11.1. The van der Waals surface area contributed by atoms with E-state index in [-0.39, 0.29) is 11.5 Å². The highest BCUT2D eigenvalue weighted by Crippen LogP contribution is 2.34. The summed E-state index contributed by atoms with van der Waals surface area (Å²) in [6, 6.07) is 11.8. The summed E-state index contributed by atoms with van der Waals surface area (Å²) < 4.78 is 52.6. The second kappa shape index (κ2) is 9.05. The van der Waals surface area contributed by atoms with Crippen molar-refractivity contribution in [3.8, 4) is 22.6 Å². The van der Waals surface area contributed by atoms with Gasteiger partial charge < -0.3 is 14.5 Å². The fourth-order valence-electron chi connectivity index (χ4n) is 3.90. The predicted octanol–water partition coefficient (Wildman–Crippen LogP) is 4.52. The number of oxazole rings is 1. The van der Waals surface area contributed by atoms with Crippen LogP contribution in [0.15, 0.2) is 64.3 Å². The number of hydrogen-bond acceptors (Lipinski definition) is 6. The fourth-order valence-corrected chi connectivity index (χ4v) is 5.40. The van der Waals surface area contributed by atoms with Crippen molar-refractivity contribution >= 4 is 22.1 Å². The molecule has 190 valence electrons. The van der Waals surface area contributed by atoms with Crippen molar-refractivity contribution in [3.05, 3.63) is 66.3 Å². The summed E-state index contributed by atoms with van der Waals surface area (Å²) in [5, 5.41) is 2.95. The number of aromatic nitrogens is 1. The van der Waals surface area contributed by atoms with Gasteiger partial charge in [0.05, 0.1) is 17.5 Å². The molecule has 1 atom stereocenters. The normalized spacial score (nSPS) is 20.7. The van der Waals surface area contributed by atoms with Crippen molar-refractivity contribution < 1.29 is 26.8 Å². The molecule has 0 bridgehead atoms. The van der Waals surface area contributed by atoms with Crippen molar-refractivity contribution in [1.29, 1.82) is 0 Å². The van der Waals surface area contributed by atoms with Gasteiger partial charge in [0.1, 0.15) is 17.7 Å². The van der Waals surface area contributed by atoms with Crippen LogP contribution in [0.4, 0.5) is 9.18 Å². The van der Waals surface area contributed by atoms with Gasteiger partial charge in [-0.15, -0.1) is 4.99 Å². The summed E-state index contributed by atoms with van der Waals surface area (Å²) in [5.74, 6) is -0.875. The van der Waals surface area contributed by atoms with Crippen LogP contribution in [0.2, 0.25) is 0 Å². The largest absolute Gasteiger partial charge is 0.445 e. The Bertz CT molecular complexity index is 1430. The number of nitrogens with zero attached hydrogens (tertiary/aromatic N) is 3. The second-order valence-corrected chi connectivity index (χ2v) is 11.7. The standard InChI is InChI=1S/C25H27FN4O5S/c1-24(2,3)35-23(31)28-22-29-25(4,15-36(32,33)30(22)5)19-14-17(9-10-20(19)26)16-7-6-8-18(13-16)21-27-11-12-34-21/h6-14H,15H2,1-5H3,(H,28,29,31)/t25-/m0/s1. The Morgan fingerprint density at radius 1 is 1.19 bits per heavy atom. The van der Waals surface area contributed by atoms with E-state index in [9.17, 15) is 13.2 Å². The molecule has 0 unspecified atom stereocenters. The van der Waals surface area contributed by atoms with Crippen LogP contribution in [-0.4, -0.2) is 48.2 Å². The molecule has 1 aliphatic heterocycles. The molecule has 1 aliphatic rings. The molecule has 0 radical (unpaired) electrons. The Balaban J connectivity index is 1.74. The van der Waals surface area contributed by atoms with Gasteiger partial charge in [-0.05, 0) is 63.1 Å². The highest BCUT2D eigenvalue weighted by molar-refractivity contribution is 7.89. The molecule has 1 aromatic heterocycles. The third-order valence-corrected chi connectivity index (χ3v) is 7.55. The third kappa shape index (κ3) is 5.25. The maximum Gasteiger partial charge on any atom is 0.437 e. The number of sulfonamides is 1. The van der Waals surface area contributed by atoms with E-state index in [4.69, 9.17) is 9.15 Å². The molecule has 1 N–H and O–H groups in total. The zero-order valence-electron chi connectivity index (χ0n) is 20.6. The van der Waals surface area contributed by atoms with Crippen LogP contribution in [0.3, 0.4) is 0 Å². The minimum absolute atomic E-state index is 0.107. The lowest BCUT2D eigenvalue weighted by Gasteiger charge is -2.40. The minimum atomic E-state index is -3.94. The summed E-state index contributed by atoms with van der Waals surface area (Å²) in [4.78, 5) is 20.3. The molecule has 36 heavy (non-hydrogen) atoms. The Morgan fingerprint density at radius 2 is 1.89 bits per heavy atom. The third-order valence-electron chi connectivity index (χ3n) is 5.60. The van der Waals surface area contributed by atoms with Crippen molar-refractivity contribution in [3.63, 3.8) is 0 Å². The van der Waals surface area contributed by atoms with Crippen LogP contribution in [-0.2, 0) is 20.3 Å². The molecule has 0 saturated carbocycles. The van der Waals surface area contributed by atoms with Crippen molar-refractivity contribution in [2.24, 2.45) is 4.99 Å². The van der Waals surface area contributed by atoms with E-state index in [1.54, 1.807) is 46.0 Å². The van der Waals surface area contributed by atoms with E-state index in [0.29, 0.717) is 11.5 Å². The molecule has 2 aromatic carbocycles. The maximum absolute atomic E-state index is 15.2. The molecule has 0 aliphatic carbocycles. The fraction of sp³-hybridized carbons (Fsp3) is 0.320. The number of guanidine groups is 1. The van der Waals surface area contributed by atoms with E-state index < -0.39 is 38.8 Å². The SMILES string of the molecule is CN1/C(=N/C(=O)OC(C)(C)C)N[C@](C)(c2cc(-c3cccc(-c4ncco4)c3)ccc2F)CS1(=O)=O. The molecular formula is C25H27FN4O5S. The summed E-state index contributed by atoms with van der Waals surface area (Å²) in [6.45, 7) is 6.55.